The Hall–Kier alpha value is -2.40. The molecule has 20 heavy (non-hydrogen) atoms. The predicted octanol–water partition coefficient (Wildman–Crippen LogP) is -0.360. The van der Waals surface area contributed by atoms with Crippen LogP contribution in [-0.2, 0) is 25.2 Å². The summed E-state index contributed by atoms with van der Waals surface area (Å²) in [6.45, 7) is 1.18. The molecule has 0 bridgehead atoms. The van der Waals surface area contributed by atoms with Crippen LogP contribution in [0.25, 0.3) is 0 Å². The van der Waals surface area contributed by atoms with Gasteiger partial charge in [0.15, 0.2) is 9.84 Å². The van der Waals surface area contributed by atoms with Crippen molar-refractivity contribution in [3.8, 4) is 6.07 Å². The molecule has 0 aliphatic carbocycles. The second kappa shape index (κ2) is 6.68. The second-order valence-electron chi connectivity index (χ2n) is 4.03. The number of amides is 2. The number of sulfone groups is 1. The van der Waals surface area contributed by atoms with Crippen molar-refractivity contribution >= 4 is 21.7 Å². The number of carbonyl (C=O) groups is 2. The van der Waals surface area contributed by atoms with Crippen molar-refractivity contribution in [1.29, 1.82) is 5.26 Å². The Kier molecular flexibility index (Phi) is 5.23. The first-order chi connectivity index (χ1) is 9.34. The summed E-state index contributed by atoms with van der Waals surface area (Å²) >= 11 is 0. The molecule has 106 valence electrons. The molecule has 0 saturated heterocycles. The molecule has 0 radical (unpaired) electrons. The molecule has 0 atom stereocenters. The van der Waals surface area contributed by atoms with Crippen LogP contribution in [-0.4, -0.2) is 26.0 Å². The second-order valence-corrected chi connectivity index (χ2v) is 6.10. The highest BCUT2D eigenvalue weighted by atomic mass is 32.2. The standard InChI is InChI=1S/C12H13N3O4S/c1-9(16)14-15-12(17)8-20(18,19)7-11-5-3-2-4-10(11)6-13/h2-5H,7-8H2,1H3,(H,14,16)(H,15,17). The van der Waals surface area contributed by atoms with Gasteiger partial charge in [0.05, 0.1) is 17.4 Å². The van der Waals surface area contributed by atoms with E-state index in [0.717, 1.165) is 0 Å². The fourth-order valence-electron chi connectivity index (χ4n) is 1.44. The van der Waals surface area contributed by atoms with E-state index in [1.807, 2.05) is 16.9 Å². The van der Waals surface area contributed by atoms with Gasteiger partial charge in [-0.05, 0) is 11.6 Å². The smallest absolute Gasteiger partial charge is 0.253 e. The van der Waals surface area contributed by atoms with Gasteiger partial charge in [0.2, 0.25) is 5.91 Å². The lowest BCUT2D eigenvalue weighted by Crippen LogP contribution is -2.43. The van der Waals surface area contributed by atoms with Crippen LogP contribution < -0.4 is 10.9 Å². The number of hydrogen-bond acceptors (Lipinski definition) is 5. The lowest BCUT2D eigenvalue weighted by molar-refractivity contribution is -0.126. The summed E-state index contributed by atoms with van der Waals surface area (Å²) < 4.78 is 23.7. The molecule has 0 fully saturated rings. The molecule has 0 aromatic heterocycles. The van der Waals surface area contributed by atoms with Gasteiger partial charge >= 0.3 is 0 Å². The third-order valence-electron chi connectivity index (χ3n) is 2.24. The van der Waals surface area contributed by atoms with E-state index in [0.29, 0.717) is 5.56 Å². The van der Waals surface area contributed by atoms with E-state index < -0.39 is 33.2 Å². The molecule has 1 aromatic carbocycles. The van der Waals surface area contributed by atoms with Gasteiger partial charge in [-0.1, -0.05) is 18.2 Å². The minimum atomic E-state index is -3.73. The highest BCUT2D eigenvalue weighted by Crippen LogP contribution is 2.11. The van der Waals surface area contributed by atoms with Gasteiger partial charge in [-0.3, -0.25) is 20.4 Å². The lowest BCUT2D eigenvalue weighted by atomic mass is 10.1. The Morgan fingerprint density at radius 3 is 2.50 bits per heavy atom. The largest absolute Gasteiger partial charge is 0.274 e. The zero-order chi connectivity index (χ0) is 15.2. The Morgan fingerprint density at radius 2 is 1.90 bits per heavy atom. The van der Waals surface area contributed by atoms with Crippen molar-refractivity contribution in [2.24, 2.45) is 0 Å². The Morgan fingerprint density at radius 1 is 1.25 bits per heavy atom. The maximum Gasteiger partial charge on any atom is 0.253 e. The van der Waals surface area contributed by atoms with Gasteiger partial charge < -0.3 is 0 Å². The third kappa shape index (κ3) is 5.07. The van der Waals surface area contributed by atoms with E-state index in [-0.39, 0.29) is 5.56 Å². The number of hydrazine groups is 1. The van der Waals surface area contributed by atoms with Crippen LogP contribution in [0.15, 0.2) is 24.3 Å². The quantitative estimate of drug-likeness (QED) is 0.736. The minimum absolute atomic E-state index is 0.248. The number of carbonyl (C=O) groups excluding carboxylic acids is 2. The molecule has 2 amide bonds. The van der Waals surface area contributed by atoms with Crippen molar-refractivity contribution in [1.82, 2.24) is 10.9 Å². The van der Waals surface area contributed by atoms with Crippen molar-refractivity contribution in [2.45, 2.75) is 12.7 Å². The maximum atomic E-state index is 11.8. The van der Waals surface area contributed by atoms with E-state index in [2.05, 4.69) is 0 Å². The fraction of sp³-hybridized carbons (Fsp3) is 0.250. The van der Waals surface area contributed by atoms with Crippen LogP contribution >= 0.6 is 0 Å². The van der Waals surface area contributed by atoms with Gasteiger partial charge in [-0.15, -0.1) is 0 Å². The minimum Gasteiger partial charge on any atom is -0.274 e. The molecule has 2 N–H and O–H groups in total. The van der Waals surface area contributed by atoms with Crippen LogP contribution in [0.1, 0.15) is 18.1 Å². The average molecular weight is 295 g/mol. The van der Waals surface area contributed by atoms with Crippen LogP contribution in [0.5, 0.6) is 0 Å². The number of hydrogen-bond donors (Lipinski definition) is 2. The maximum absolute atomic E-state index is 11.8. The van der Waals surface area contributed by atoms with Crippen molar-refractivity contribution in [3.05, 3.63) is 35.4 Å². The first-order valence-corrected chi connectivity index (χ1v) is 7.40. The summed E-state index contributed by atoms with van der Waals surface area (Å²) in [5.74, 6) is -2.53. The summed E-state index contributed by atoms with van der Waals surface area (Å²) in [7, 11) is -3.73. The molecule has 0 aliphatic heterocycles. The zero-order valence-electron chi connectivity index (χ0n) is 10.7. The van der Waals surface area contributed by atoms with E-state index in [1.165, 1.54) is 19.1 Å². The highest BCUT2D eigenvalue weighted by molar-refractivity contribution is 7.91. The number of benzene rings is 1. The first-order valence-electron chi connectivity index (χ1n) is 5.58. The van der Waals surface area contributed by atoms with Gasteiger partial charge in [0.25, 0.3) is 5.91 Å². The van der Waals surface area contributed by atoms with Gasteiger partial charge in [-0.25, -0.2) is 8.42 Å². The molecule has 0 spiro atoms. The van der Waals surface area contributed by atoms with Crippen LogP contribution in [0.2, 0.25) is 0 Å². The fourth-order valence-corrected chi connectivity index (χ4v) is 2.74. The summed E-state index contributed by atoms with van der Waals surface area (Å²) in [6.07, 6.45) is 0. The number of nitrogens with zero attached hydrogens (tertiary/aromatic N) is 1. The summed E-state index contributed by atoms with van der Waals surface area (Å²) in [6, 6.07) is 8.14. The SMILES string of the molecule is CC(=O)NNC(=O)CS(=O)(=O)Cc1ccccc1C#N. The number of nitriles is 1. The highest BCUT2D eigenvalue weighted by Gasteiger charge is 2.19. The Labute approximate surface area is 116 Å². The predicted molar refractivity (Wildman–Crippen MR) is 70.6 cm³/mol. The van der Waals surface area contributed by atoms with Crippen molar-refractivity contribution < 1.29 is 18.0 Å². The Balaban J connectivity index is 2.73. The lowest BCUT2D eigenvalue weighted by Gasteiger charge is -2.07. The summed E-state index contributed by atoms with van der Waals surface area (Å²) in [5.41, 5.74) is 4.55. The van der Waals surface area contributed by atoms with Crippen molar-refractivity contribution in [3.63, 3.8) is 0 Å². The molecule has 0 aliphatic rings. The molecule has 8 heteroatoms. The Bertz CT molecular complexity index is 662. The molecular formula is C12H13N3O4S. The molecule has 1 aromatic rings. The molecule has 7 nitrogen and oxygen atoms in total. The van der Waals surface area contributed by atoms with Crippen molar-refractivity contribution in [2.75, 3.05) is 5.75 Å². The number of rotatable bonds is 4. The summed E-state index contributed by atoms with van der Waals surface area (Å²) in [5, 5.41) is 8.87. The van der Waals surface area contributed by atoms with E-state index in [1.54, 1.807) is 12.1 Å². The topological polar surface area (TPSA) is 116 Å². The monoisotopic (exact) mass is 295 g/mol. The molecule has 1 rings (SSSR count). The van der Waals surface area contributed by atoms with Gasteiger partial charge in [0, 0.05) is 6.92 Å². The zero-order valence-corrected chi connectivity index (χ0v) is 11.5. The number of nitrogens with one attached hydrogen (secondary N) is 2. The van der Waals surface area contributed by atoms with Gasteiger partial charge in [0.1, 0.15) is 5.75 Å². The first kappa shape index (κ1) is 15.7. The van der Waals surface area contributed by atoms with E-state index in [4.69, 9.17) is 5.26 Å². The molecule has 0 saturated carbocycles. The van der Waals surface area contributed by atoms with Crippen LogP contribution in [0.4, 0.5) is 0 Å². The molecular weight excluding hydrogens is 282 g/mol. The molecule has 0 heterocycles. The molecule has 0 unspecified atom stereocenters. The third-order valence-corrected chi connectivity index (χ3v) is 3.70. The van der Waals surface area contributed by atoms with Crippen LogP contribution in [0, 0.1) is 11.3 Å². The normalized spacial score (nSPS) is 10.4. The van der Waals surface area contributed by atoms with Gasteiger partial charge in [-0.2, -0.15) is 5.26 Å². The van der Waals surface area contributed by atoms with E-state index in [9.17, 15) is 18.0 Å². The van der Waals surface area contributed by atoms with E-state index >= 15 is 0 Å². The summed E-state index contributed by atoms with van der Waals surface area (Å²) in [4.78, 5) is 21.9. The van der Waals surface area contributed by atoms with Crippen LogP contribution in [0.3, 0.4) is 0 Å². The average Bonchev–Trinajstić information content (AvgIpc) is 2.36.